The Morgan fingerprint density at radius 3 is 2.29 bits per heavy atom. The van der Waals surface area contributed by atoms with E-state index < -0.39 is 0 Å². The highest BCUT2D eigenvalue weighted by atomic mass is 14.0. The molecule has 0 aromatic carbocycles. The number of allylic oxidation sites excluding steroid dienone is 5. The molecule has 0 spiro atoms. The molecule has 0 bridgehead atoms. The highest BCUT2D eigenvalue weighted by molar-refractivity contribution is 5.13. The molecule has 0 saturated carbocycles. The summed E-state index contributed by atoms with van der Waals surface area (Å²) in [5.74, 6) is 0. The van der Waals surface area contributed by atoms with Crippen molar-refractivity contribution >= 4 is 0 Å². The van der Waals surface area contributed by atoms with E-state index in [2.05, 4.69) is 39.5 Å². The van der Waals surface area contributed by atoms with Crippen molar-refractivity contribution in [1.29, 1.82) is 0 Å². The first-order valence-electron chi connectivity index (χ1n) is 5.71. The van der Waals surface area contributed by atoms with Crippen molar-refractivity contribution in [3.63, 3.8) is 0 Å². The smallest absolute Gasteiger partial charge is 0.0133 e. The molecule has 0 amide bonds. The second-order valence-corrected chi connectivity index (χ2v) is 3.61. The van der Waals surface area contributed by atoms with Gasteiger partial charge in [0.15, 0.2) is 0 Å². The van der Waals surface area contributed by atoms with Gasteiger partial charge >= 0.3 is 0 Å². The highest BCUT2D eigenvalue weighted by Gasteiger charge is 1.94. The standard InChI is InChI=1S/C14H24/c1-5-9-13(7-3)11-12-14(8-4)10-6-2/h5,7,12H,1,6,8-11H2,2-4H3. The van der Waals surface area contributed by atoms with Crippen LogP contribution in [0.25, 0.3) is 0 Å². The highest BCUT2D eigenvalue weighted by Crippen LogP contribution is 2.15. The summed E-state index contributed by atoms with van der Waals surface area (Å²) in [6, 6.07) is 0. The van der Waals surface area contributed by atoms with E-state index >= 15 is 0 Å². The van der Waals surface area contributed by atoms with Gasteiger partial charge in [-0.1, -0.05) is 49.6 Å². The van der Waals surface area contributed by atoms with Gasteiger partial charge in [-0.15, -0.1) is 6.58 Å². The fraction of sp³-hybridized carbons (Fsp3) is 0.571. The first-order valence-corrected chi connectivity index (χ1v) is 5.71. The molecule has 0 fully saturated rings. The average Bonchev–Trinajstić information content (AvgIpc) is 2.22. The Morgan fingerprint density at radius 2 is 1.86 bits per heavy atom. The van der Waals surface area contributed by atoms with E-state index in [1.165, 1.54) is 24.8 Å². The fourth-order valence-electron chi connectivity index (χ4n) is 1.52. The van der Waals surface area contributed by atoms with Crippen LogP contribution >= 0.6 is 0 Å². The van der Waals surface area contributed by atoms with Crippen LogP contribution in [0.5, 0.6) is 0 Å². The SMILES string of the molecule is C=CCC(=CC)CC=C(CC)CCC. The largest absolute Gasteiger partial charge is 0.103 e. The van der Waals surface area contributed by atoms with Crippen LogP contribution in [0.4, 0.5) is 0 Å². The molecule has 80 valence electrons. The molecule has 14 heavy (non-hydrogen) atoms. The van der Waals surface area contributed by atoms with Crippen LogP contribution in [0.1, 0.15) is 52.9 Å². The Kier molecular flexibility index (Phi) is 8.31. The molecule has 0 rings (SSSR count). The molecule has 0 aliphatic rings. The molecule has 0 aromatic heterocycles. The molecule has 0 aliphatic heterocycles. The van der Waals surface area contributed by atoms with Gasteiger partial charge in [0.1, 0.15) is 0 Å². The minimum absolute atomic E-state index is 1.02. The van der Waals surface area contributed by atoms with Crippen LogP contribution in [0.2, 0.25) is 0 Å². The molecule has 0 heterocycles. The third kappa shape index (κ3) is 5.80. The fourth-order valence-corrected chi connectivity index (χ4v) is 1.52. The Labute approximate surface area is 89.4 Å². The Hall–Kier alpha value is -0.780. The third-order valence-corrected chi connectivity index (χ3v) is 2.49. The maximum atomic E-state index is 3.77. The van der Waals surface area contributed by atoms with Crippen molar-refractivity contribution in [2.45, 2.75) is 52.9 Å². The second kappa shape index (κ2) is 8.80. The summed E-state index contributed by atoms with van der Waals surface area (Å²) in [4.78, 5) is 0. The first kappa shape index (κ1) is 13.2. The molecule has 0 N–H and O–H groups in total. The van der Waals surface area contributed by atoms with Gasteiger partial charge < -0.3 is 0 Å². The van der Waals surface area contributed by atoms with Crippen LogP contribution in [0.15, 0.2) is 36.0 Å². The normalized spacial score (nSPS) is 13.1. The summed E-state index contributed by atoms with van der Waals surface area (Å²) in [6.07, 6.45) is 12.4. The molecule has 0 saturated heterocycles. The van der Waals surface area contributed by atoms with E-state index in [1.807, 2.05) is 6.08 Å². The van der Waals surface area contributed by atoms with Crippen molar-refractivity contribution < 1.29 is 0 Å². The summed E-state index contributed by atoms with van der Waals surface area (Å²) < 4.78 is 0. The maximum Gasteiger partial charge on any atom is -0.0133 e. The maximum absolute atomic E-state index is 3.77. The van der Waals surface area contributed by atoms with E-state index in [-0.39, 0.29) is 0 Å². The zero-order valence-corrected chi connectivity index (χ0v) is 9.97. The molecule has 0 atom stereocenters. The second-order valence-electron chi connectivity index (χ2n) is 3.61. The van der Waals surface area contributed by atoms with Gasteiger partial charge in [0.05, 0.1) is 0 Å². The van der Waals surface area contributed by atoms with Crippen LogP contribution in [0.3, 0.4) is 0 Å². The van der Waals surface area contributed by atoms with Crippen molar-refractivity contribution in [1.82, 2.24) is 0 Å². The molecule has 0 unspecified atom stereocenters. The lowest BCUT2D eigenvalue weighted by Crippen LogP contribution is -1.84. The van der Waals surface area contributed by atoms with E-state index in [1.54, 1.807) is 5.57 Å². The van der Waals surface area contributed by atoms with E-state index in [0.29, 0.717) is 0 Å². The van der Waals surface area contributed by atoms with Crippen molar-refractivity contribution in [3.05, 3.63) is 36.0 Å². The molecule has 0 aromatic rings. The Bertz CT molecular complexity index is 206. The van der Waals surface area contributed by atoms with Crippen LogP contribution in [-0.2, 0) is 0 Å². The van der Waals surface area contributed by atoms with Gasteiger partial charge in [-0.3, -0.25) is 0 Å². The van der Waals surface area contributed by atoms with Gasteiger partial charge in [0, 0.05) is 0 Å². The van der Waals surface area contributed by atoms with E-state index in [9.17, 15) is 0 Å². The summed E-state index contributed by atoms with van der Waals surface area (Å²) >= 11 is 0. The lowest BCUT2D eigenvalue weighted by Gasteiger charge is -2.04. The number of hydrogen-bond acceptors (Lipinski definition) is 0. The van der Waals surface area contributed by atoms with E-state index in [4.69, 9.17) is 0 Å². The Balaban J connectivity index is 4.13. The van der Waals surface area contributed by atoms with Crippen molar-refractivity contribution in [3.8, 4) is 0 Å². The summed E-state index contributed by atoms with van der Waals surface area (Å²) in [6.45, 7) is 10.4. The average molecular weight is 192 g/mol. The third-order valence-electron chi connectivity index (χ3n) is 2.49. The van der Waals surface area contributed by atoms with Gasteiger partial charge in [-0.2, -0.15) is 0 Å². The van der Waals surface area contributed by atoms with E-state index in [0.717, 1.165) is 12.8 Å². The molecule has 0 heteroatoms. The summed E-state index contributed by atoms with van der Waals surface area (Å²) in [7, 11) is 0. The van der Waals surface area contributed by atoms with Crippen LogP contribution in [-0.4, -0.2) is 0 Å². The minimum atomic E-state index is 1.02. The first-order chi connectivity index (χ1) is 6.78. The van der Waals surface area contributed by atoms with Gasteiger partial charge in [0.25, 0.3) is 0 Å². The minimum Gasteiger partial charge on any atom is -0.103 e. The predicted octanol–water partition coefficient (Wildman–Crippen LogP) is 5.04. The predicted molar refractivity (Wildman–Crippen MR) is 66.5 cm³/mol. The lowest BCUT2D eigenvalue weighted by atomic mass is 10.0. The summed E-state index contributed by atoms with van der Waals surface area (Å²) in [5.41, 5.74) is 3.07. The molecule has 0 radical (unpaired) electrons. The van der Waals surface area contributed by atoms with Gasteiger partial charge in [-0.25, -0.2) is 0 Å². The Morgan fingerprint density at radius 1 is 1.14 bits per heavy atom. The zero-order valence-electron chi connectivity index (χ0n) is 9.97. The van der Waals surface area contributed by atoms with Crippen molar-refractivity contribution in [2.75, 3.05) is 0 Å². The van der Waals surface area contributed by atoms with Crippen LogP contribution in [0, 0.1) is 0 Å². The van der Waals surface area contributed by atoms with Gasteiger partial charge in [-0.05, 0) is 32.6 Å². The molecule has 0 aliphatic carbocycles. The van der Waals surface area contributed by atoms with Crippen LogP contribution < -0.4 is 0 Å². The molecular weight excluding hydrogens is 168 g/mol. The van der Waals surface area contributed by atoms with Crippen molar-refractivity contribution in [2.24, 2.45) is 0 Å². The molecule has 0 nitrogen and oxygen atoms in total. The number of hydrogen-bond donors (Lipinski definition) is 0. The van der Waals surface area contributed by atoms with Gasteiger partial charge in [0.2, 0.25) is 0 Å². The molecular formula is C14H24. The number of rotatable bonds is 7. The monoisotopic (exact) mass is 192 g/mol. The topological polar surface area (TPSA) is 0 Å². The quantitative estimate of drug-likeness (QED) is 0.496. The zero-order chi connectivity index (χ0) is 10.8. The lowest BCUT2D eigenvalue weighted by molar-refractivity contribution is 0.849. The summed E-state index contributed by atoms with van der Waals surface area (Å²) in [5, 5.41) is 0.